The SMILES string of the molecule is CCCCCCCCCCCCCCCC(=O)N[C@@H](C)C(=O)N[C@@H](Cc1ccc(O)cc1)C(=O)N[C@@H](CO)C(=O)N[C@@H](CCCC)C(=O)N[C@H]1CCC(=O)NCCCC[C@@H](C(N)=O)NC(=O)[C@H](Cc2c[nH]c3ccccc23)NC(=O)[C@H](CCCNC(=N)N)NC(=O)[C@@H](Cc2ccccc2)NC(=O)[C@@H]2C[C@@H](O)CN2C1=O. The van der Waals surface area contributed by atoms with Crippen LogP contribution in [0, 0.1) is 5.41 Å². The fraction of sp³-hybridized carbons (Fsp3) is 0.582. The maximum absolute atomic E-state index is 15.2. The van der Waals surface area contributed by atoms with Gasteiger partial charge in [0.1, 0.15) is 66.2 Å². The van der Waals surface area contributed by atoms with Gasteiger partial charge in [-0.15, -0.1) is 0 Å². The highest BCUT2D eigenvalue weighted by Gasteiger charge is 2.44. The molecule has 0 bridgehead atoms. The van der Waals surface area contributed by atoms with Crippen LogP contribution in [0.3, 0.4) is 0 Å². The first-order valence-corrected chi connectivity index (χ1v) is 39.2. The van der Waals surface area contributed by atoms with Gasteiger partial charge in [-0.2, -0.15) is 0 Å². The van der Waals surface area contributed by atoms with E-state index in [2.05, 4.69) is 70.4 Å². The van der Waals surface area contributed by atoms with E-state index >= 15 is 4.79 Å². The standard InChI is InChI=1S/C79H118N16O15/c1-4-6-8-9-10-11-12-13-14-15-16-17-21-34-68(100)86-50(3)70(102)91-62(44-52-35-37-54(97)38-36-52)74(106)94-65(49-96)76(108)89-59(30-7-5-2)71(103)90-61-39-40-67(99)83-41-25-24-32-58(69(80)101)87-75(107)64(45-53-47-85-57-31-23-22-29-56(53)57)92-72(104)60(33-26-42-84-79(81)82)88-73(105)63(43-51-27-19-18-20-28-51)93-77(109)66-46-55(98)48-95(66)78(61)110/h18-20,22-23,27-29,31,35-38,47,50,55,58-66,85,96-98H,4-17,21,24-26,30,32-34,39-46,48-49H2,1-3H3,(H2,80,101)(H,83,99)(H,86,100)(H,87,107)(H,88,105)(H,89,108)(H,90,103)(H,91,102)(H,92,104)(H,93,109)(H,94,106)(H4,81,82,84)/t50-,55+,58-,59-,60-,61-,62-,63+,64-,65-,66-/m0/s1. The number of nitrogens with zero attached hydrogens (tertiary/aromatic N) is 1. The van der Waals surface area contributed by atoms with E-state index in [-0.39, 0.29) is 101 Å². The molecule has 31 nitrogen and oxygen atoms in total. The fourth-order valence-electron chi connectivity index (χ4n) is 13.5. The summed E-state index contributed by atoms with van der Waals surface area (Å²) in [6, 6.07) is 7.09. The third-order valence-corrected chi connectivity index (χ3v) is 19.9. The molecule has 0 unspecified atom stereocenters. The van der Waals surface area contributed by atoms with Crippen molar-refractivity contribution in [2.45, 2.75) is 267 Å². The molecule has 0 spiro atoms. The first kappa shape index (κ1) is 88.7. The number of benzene rings is 3. The summed E-state index contributed by atoms with van der Waals surface area (Å²) >= 11 is 0. The smallest absolute Gasteiger partial charge is 0.245 e. The van der Waals surface area contributed by atoms with Crippen molar-refractivity contribution in [3.8, 4) is 5.75 Å². The van der Waals surface area contributed by atoms with Crippen LogP contribution in [0.25, 0.3) is 10.9 Å². The molecule has 2 aliphatic heterocycles. The molecule has 2 aliphatic rings. The quantitative estimate of drug-likeness (QED) is 0.0174. The van der Waals surface area contributed by atoms with Crippen molar-refractivity contribution in [1.29, 1.82) is 5.41 Å². The molecule has 0 radical (unpaired) electrons. The number of H-pyrrole nitrogens is 1. The van der Waals surface area contributed by atoms with Gasteiger partial charge in [-0.3, -0.25) is 62.9 Å². The molecule has 3 aromatic carbocycles. The Morgan fingerprint density at radius 3 is 1.87 bits per heavy atom. The summed E-state index contributed by atoms with van der Waals surface area (Å²) in [5, 5.41) is 70.1. The Balaban J connectivity index is 1.21. The third kappa shape index (κ3) is 30.7. The van der Waals surface area contributed by atoms with Crippen molar-refractivity contribution in [2.75, 3.05) is 26.2 Å². The van der Waals surface area contributed by atoms with Crippen molar-refractivity contribution in [3.05, 3.63) is 102 Å². The van der Waals surface area contributed by atoms with Crippen LogP contribution in [0.2, 0.25) is 0 Å². The van der Waals surface area contributed by atoms with Gasteiger partial charge in [0, 0.05) is 75.3 Å². The summed E-state index contributed by atoms with van der Waals surface area (Å²) in [7, 11) is 0. The summed E-state index contributed by atoms with van der Waals surface area (Å²) < 4.78 is 0. The van der Waals surface area contributed by atoms with Crippen LogP contribution in [0.4, 0.5) is 0 Å². The van der Waals surface area contributed by atoms with Gasteiger partial charge < -0.3 is 95.2 Å². The minimum Gasteiger partial charge on any atom is -0.508 e. The number of amides is 12. The first-order chi connectivity index (χ1) is 52.9. The zero-order valence-electron chi connectivity index (χ0n) is 63.9. The van der Waals surface area contributed by atoms with Crippen molar-refractivity contribution in [2.24, 2.45) is 11.5 Å². The van der Waals surface area contributed by atoms with Gasteiger partial charge in [-0.25, -0.2) is 0 Å². The van der Waals surface area contributed by atoms with Crippen LogP contribution < -0.4 is 70.0 Å². The normalized spacial score (nSPS) is 20.3. The molecule has 1 aromatic heterocycles. The van der Waals surface area contributed by atoms with Gasteiger partial charge in [0.15, 0.2) is 5.96 Å². The molecule has 0 aliphatic carbocycles. The lowest BCUT2D eigenvalue weighted by Crippen LogP contribution is -2.61. The number of para-hydroxylation sites is 1. The second kappa shape index (κ2) is 47.7. The van der Waals surface area contributed by atoms with E-state index in [4.69, 9.17) is 16.9 Å². The number of nitrogens with two attached hydrogens (primary N) is 2. The van der Waals surface area contributed by atoms with E-state index in [9.17, 15) is 68.1 Å². The van der Waals surface area contributed by atoms with Crippen LogP contribution in [0.1, 0.15) is 198 Å². The molecule has 6 rings (SSSR count). The Hall–Kier alpha value is -10.2. The molecule has 2 fully saturated rings. The number of hydrogen-bond acceptors (Lipinski definition) is 16. The predicted molar refractivity (Wildman–Crippen MR) is 414 cm³/mol. The molecule has 12 amide bonds. The molecule has 11 atom stereocenters. The molecule has 2 saturated heterocycles. The molecule has 20 N–H and O–H groups in total. The number of carbonyl (C=O) groups is 12. The minimum atomic E-state index is -1.75. The van der Waals surface area contributed by atoms with Crippen molar-refractivity contribution in [1.82, 2.24) is 68.4 Å². The van der Waals surface area contributed by atoms with E-state index in [0.717, 1.165) is 41.5 Å². The fourth-order valence-corrected chi connectivity index (χ4v) is 13.5. The Morgan fingerprint density at radius 1 is 0.618 bits per heavy atom. The highest BCUT2D eigenvalue weighted by atomic mass is 16.3. The second-order valence-electron chi connectivity index (χ2n) is 28.9. The van der Waals surface area contributed by atoms with Crippen molar-refractivity contribution < 1.29 is 72.9 Å². The highest BCUT2D eigenvalue weighted by molar-refractivity contribution is 6.00. The van der Waals surface area contributed by atoms with Crippen molar-refractivity contribution in [3.63, 3.8) is 0 Å². The number of fused-ring (bicyclic) bond motifs is 2. The molecule has 4 aromatic rings. The van der Waals surface area contributed by atoms with E-state index < -0.39 is 157 Å². The number of hydrogen-bond donors (Lipinski definition) is 18. The summed E-state index contributed by atoms with van der Waals surface area (Å²) in [5.74, 6) is -10.3. The largest absolute Gasteiger partial charge is 0.508 e. The van der Waals surface area contributed by atoms with Gasteiger partial charge in [-0.1, -0.05) is 164 Å². The van der Waals surface area contributed by atoms with Crippen LogP contribution in [0.5, 0.6) is 5.75 Å². The molecule has 604 valence electrons. The summed E-state index contributed by atoms with van der Waals surface area (Å²) in [5.41, 5.74) is 13.8. The lowest BCUT2D eigenvalue weighted by Gasteiger charge is -2.31. The van der Waals surface area contributed by atoms with Gasteiger partial charge in [0.25, 0.3) is 0 Å². The Kier molecular flexibility index (Phi) is 38.5. The van der Waals surface area contributed by atoms with E-state index in [1.54, 1.807) is 42.6 Å². The van der Waals surface area contributed by atoms with Crippen molar-refractivity contribution >= 4 is 87.7 Å². The molecule has 3 heterocycles. The molecule has 31 heteroatoms. The lowest BCUT2D eigenvalue weighted by atomic mass is 10.0. The van der Waals surface area contributed by atoms with Gasteiger partial charge in [0.05, 0.1) is 12.7 Å². The average molecular weight is 1530 g/mol. The highest BCUT2D eigenvalue weighted by Crippen LogP contribution is 2.24. The maximum Gasteiger partial charge on any atom is 0.245 e. The van der Waals surface area contributed by atoms with Gasteiger partial charge in [-0.05, 0) is 93.2 Å². The minimum absolute atomic E-state index is 0.00557. The van der Waals surface area contributed by atoms with E-state index in [1.807, 2.05) is 25.1 Å². The van der Waals surface area contributed by atoms with Crippen LogP contribution in [0.15, 0.2) is 85.1 Å². The van der Waals surface area contributed by atoms with E-state index in [0.29, 0.717) is 36.0 Å². The molecule has 0 saturated carbocycles. The zero-order valence-corrected chi connectivity index (χ0v) is 63.9. The number of phenolic OH excluding ortho intramolecular Hbond substituents is 1. The average Bonchev–Trinajstić information content (AvgIpc) is 1.64. The predicted octanol–water partition coefficient (Wildman–Crippen LogP) is 2.74. The summed E-state index contributed by atoms with van der Waals surface area (Å²) in [6.07, 6.45) is 14.8. The monoisotopic (exact) mass is 1530 g/mol. The molecular weight excluding hydrogens is 1410 g/mol. The Bertz CT molecular complexity index is 3650. The van der Waals surface area contributed by atoms with Gasteiger partial charge in [0.2, 0.25) is 70.9 Å². The Morgan fingerprint density at radius 2 is 1.21 bits per heavy atom. The summed E-state index contributed by atoms with van der Waals surface area (Å²) in [6.45, 7) is 4.11. The zero-order chi connectivity index (χ0) is 79.9. The number of aromatic amines is 1. The first-order valence-electron chi connectivity index (χ1n) is 39.2. The van der Waals surface area contributed by atoms with E-state index in [1.165, 1.54) is 82.6 Å². The number of phenols is 1. The molecular formula is C79H118N16O15. The number of unbranched alkanes of at least 4 members (excludes halogenated alkanes) is 13. The van der Waals surface area contributed by atoms with Gasteiger partial charge >= 0.3 is 0 Å². The summed E-state index contributed by atoms with van der Waals surface area (Å²) in [4.78, 5) is 176. The number of rotatable bonds is 38. The number of aliphatic hydroxyl groups excluding tert-OH is 2. The number of guanidine groups is 1. The molecule has 110 heavy (non-hydrogen) atoms. The van der Waals surface area contributed by atoms with Crippen LogP contribution in [-0.2, 0) is 76.8 Å². The Labute approximate surface area is 643 Å². The lowest BCUT2D eigenvalue weighted by molar-refractivity contribution is -0.143. The third-order valence-electron chi connectivity index (χ3n) is 19.9. The topological polar surface area (TPSA) is 493 Å². The van der Waals surface area contributed by atoms with Crippen LogP contribution >= 0.6 is 0 Å². The number of nitrogens with one attached hydrogen (secondary N) is 13. The number of primary amides is 1. The van der Waals surface area contributed by atoms with Crippen LogP contribution in [-0.4, -0.2) is 195 Å². The second-order valence-corrected chi connectivity index (χ2v) is 28.9. The number of aromatic hydroxyl groups is 1. The number of aliphatic hydroxyl groups is 2. The maximum atomic E-state index is 15.2. The number of carbonyl (C=O) groups excluding carboxylic acids is 12. The number of aromatic nitrogens is 1.